The van der Waals surface area contributed by atoms with Gasteiger partial charge in [-0.05, 0) is 44.9 Å². The van der Waals surface area contributed by atoms with Crippen LogP contribution in [0.25, 0.3) is 0 Å². The number of rotatable bonds is 2. The fourth-order valence-corrected chi connectivity index (χ4v) is 6.13. The van der Waals surface area contributed by atoms with Gasteiger partial charge in [-0.3, -0.25) is 9.59 Å². The van der Waals surface area contributed by atoms with E-state index in [9.17, 15) is 19.8 Å². The molecule has 0 radical (unpaired) electrons. The van der Waals surface area contributed by atoms with E-state index in [2.05, 4.69) is 39.1 Å². The highest BCUT2D eigenvalue weighted by atomic mass is 16.6. The number of hydrogen-bond acceptors (Lipinski definition) is 5. The highest BCUT2D eigenvalue weighted by Crippen LogP contribution is 2.57. The molecule has 0 bridgehead atoms. The summed E-state index contributed by atoms with van der Waals surface area (Å²) in [5, 5.41) is 24.0. The van der Waals surface area contributed by atoms with Crippen LogP contribution in [0, 0.1) is 29.1 Å². The fraction of sp³-hybridized carbons (Fsp3) is 0.750. The van der Waals surface area contributed by atoms with Crippen molar-refractivity contribution >= 4 is 11.7 Å². The van der Waals surface area contributed by atoms with Crippen LogP contribution in [-0.2, 0) is 14.3 Å². The second kappa shape index (κ2) is 7.57. The van der Waals surface area contributed by atoms with Crippen molar-refractivity contribution in [2.24, 2.45) is 29.1 Å². The third kappa shape index (κ3) is 3.19. The van der Waals surface area contributed by atoms with E-state index >= 15 is 0 Å². The van der Waals surface area contributed by atoms with Gasteiger partial charge < -0.3 is 20.3 Å². The summed E-state index contributed by atoms with van der Waals surface area (Å²) in [5.41, 5.74) is 0.993. The molecule has 2 saturated heterocycles. The van der Waals surface area contributed by atoms with Crippen molar-refractivity contribution < 1.29 is 24.5 Å². The van der Waals surface area contributed by atoms with Gasteiger partial charge in [0.1, 0.15) is 23.7 Å². The number of fused-ring (bicyclic) bond motifs is 1. The van der Waals surface area contributed by atoms with Crippen molar-refractivity contribution in [2.75, 3.05) is 0 Å². The normalized spacial score (nSPS) is 47.9. The Morgan fingerprint density at radius 2 is 1.93 bits per heavy atom. The Morgan fingerprint density at radius 3 is 2.60 bits per heavy atom. The van der Waals surface area contributed by atoms with Crippen LogP contribution in [0.15, 0.2) is 23.3 Å². The molecule has 1 unspecified atom stereocenters. The minimum Gasteiger partial charge on any atom is -0.390 e. The maximum absolute atomic E-state index is 14.0. The number of Topliss-reactive ketones (excluding diaryl/α,β-unsaturated/α-hetero) is 1. The lowest BCUT2D eigenvalue weighted by atomic mass is 9.54. The number of aliphatic hydroxyl groups is 2. The first-order valence-electron chi connectivity index (χ1n) is 11.3. The largest absolute Gasteiger partial charge is 0.390 e. The molecule has 3 N–H and O–H groups in total. The Morgan fingerprint density at radius 1 is 1.23 bits per heavy atom. The van der Waals surface area contributed by atoms with Gasteiger partial charge in [0.25, 0.3) is 0 Å². The third-order valence-corrected chi connectivity index (χ3v) is 7.82. The maximum atomic E-state index is 14.0. The number of ether oxygens (including phenoxy) is 1. The predicted molar refractivity (Wildman–Crippen MR) is 112 cm³/mol. The molecule has 2 heterocycles. The SMILES string of the molecule is CC1=C[C@@H]2/C=C(\C)CC[C@@H](O)[C@@H](O)[C@@H]3O[C@H]3C(=O)[C@@]23C(=O)N[C@@H](CC(C)C)[C@@H]3C1C. The highest BCUT2D eigenvalue weighted by Gasteiger charge is 2.70. The predicted octanol–water partition coefficient (Wildman–Crippen LogP) is 2.14. The average molecular weight is 418 g/mol. The molecule has 2 aliphatic carbocycles. The number of aliphatic hydroxyl groups excluding tert-OH is 2. The number of ketones is 1. The first-order valence-corrected chi connectivity index (χ1v) is 11.3. The average Bonchev–Trinajstić information content (AvgIpc) is 3.41. The molecule has 0 aromatic rings. The van der Waals surface area contributed by atoms with E-state index in [1.54, 1.807) is 0 Å². The number of hydrogen-bond donors (Lipinski definition) is 3. The number of allylic oxidation sites excluding steroid dienone is 4. The molecule has 30 heavy (non-hydrogen) atoms. The molecule has 1 spiro atoms. The van der Waals surface area contributed by atoms with E-state index in [-0.39, 0.29) is 35.5 Å². The Kier molecular flexibility index (Phi) is 5.48. The second-order valence-corrected chi connectivity index (χ2v) is 10.3. The molecule has 2 aliphatic heterocycles. The van der Waals surface area contributed by atoms with Crippen LogP contribution in [0.4, 0.5) is 0 Å². The van der Waals surface area contributed by atoms with E-state index in [1.165, 1.54) is 5.57 Å². The summed E-state index contributed by atoms with van der Waals surface area (Å²) in [6, 6.07) is -0.0749. The fourth-order valence-electron chi connectivity index (χ4n) is 6.13. The van der Waals surface area contributed by atoms with Crippen molar-refractivity contribution in [1.29, 1.82) is 0 Å². The molecule has 6 heteroatoms. The Balaban J connectivity index is 1.87. The topological polar surface area (TPSA) is 99.2 Å². The van der Waals surface area contributed by atoms with Crippen LogP contribution in [0.1, 0.15) is 53.9 Å². The van der Waals surface area contributed by atoms with Crippen LogP contribution in [0.3, 0.4) is 0 Å². The number of epoxide rings is 1. The first-order chi connectivity index (χ1) is 14.1. The van der Waals surface area contributed by atoms with Gasteiger partial charge >= 0.3 is 0 Å². The molecular formula is C24H35NO5. The minimum absolute atomic E-state index is 0.0749. The first kappa shape index (κ1) is 21.7. The summed E-state index contributed by atoms with van der Waals surface area (Å²) in [7, 11) is 0. The van der Waals surface area contributed by atoms with E-state index < -0.39 is 29.8 Å². The van der Waals surface area contributed by atoms with Crippen LogP contribution in [0.2, 0.25) is 0 Å². The van der Waals surface area contributed by atoms with Crippen molar-refractivity contribution in [3.05, 3.63) is 23.3 Å². The number of carbonyl (C=O) groups is 2. The Labute approximate surface area is 178 Å². The molecule has 9 atom stereocenters. The van der Waals surface area contributed by atoms with Gasteiger partial charge in [0.15, 0.2) is 5.78 Å². The summed E-state index contributed by atoms with van der Waals surface area (Å²) in [4.78, 5) is 27.6. The van der Waals surface area contributed by atoms with Crippen molar-refractivity contribution in [1.82, 2.24) is 5.32 Å². The highest BCUT2D eigenvalue weighted by molar-refractivity contribution is 6.12. The van der Waals surface area contributed by atoms with Crippen LogP contribution < -0.4 is 5.32 Å². The molecule has 0 aromatic heterocycles. The monoisotopic (exact) mass is 417 g/mol. The summed E-state index contributed by atoms with van der Waals surface area (Å²) >= 11 is 0. The molecule has 6 nitrogen and oxygen atoms in total. The van der Waals surface area contributed by atoms with Gasteiger partial charge in [-0.15, -0.1) is 0 Å². The molecule has 4 aliphatic rings. The zero-order valence-corrected chi connectivity index (χ0v) is 18.6. The second-order valence-electron chi connectivity index (χ2n) is 10.3. The molecule has 166 valence electrons. The van der Waals surface area contributed by atoms with Gasteiger partial charge in [0, 0.05) is 17.9 Å². The number of nitrogens with one attached hydrogen (secondary N) is 1. The summed E-state index contributed by atoms with van der Waals surface area (Å²) in [6.45, 7) is 10.4. The third-order valence-electron chi connectivity index (χ3n) is 7.82. The standard InChI is InChI=1S/C24H35NO5/c1-11(2)8-16-18-14(5)13(4)10-15-9-12(3)6-7-17(26)19(27)20-21(30-20)22(28)24(15,18)23(29)25-16/h9-11,14-21,26-27H,6-8H2,1-5H3,(H,25,29)/b12-9+/t14?,15-,16-,17+,18-,19+,20-,21+,24+/m0/s1. The molecule has 0 aromatic carbocycles. The van der Waals surface area contributed by atoms with Crippen molar-refractivity contribution in [3.8, 4) is 0 Å². The lowest BCUT2D eigenvalue weighted by molar-refractivity contribution is -0.146. The smallest absolute Gasteiger partial charge is 0.235 e. The molecular weight excluding hydrogens is 382 g/mol. The maximum Gasteiger partial charge on any atom is 0.235 e. The van der Waals surface area contributed by atoms with Gasteiger partial charge in [-0.25, -0.2) is 0 Å². The van der Waals surface area contributed by atoms with Crippen LogP contribution in [0.5, 0.6) is 0 Å². The number of amides is 1. The molecule has 1 amide bonds. The van der Waals surface area contributed by atoms with Crippen molar-refractivity contribution in [2.45, 2.75) is 84.3 Å². The van der Waals surface area contributed by atoms with Gasteiger partial charge in [0.05, 0.1) is 6.10 Å². The van der Waals surface area contributed by atoms with Crippen LogP contribution in [-0.4, -0.2) is 52.4 Å². The zero-order valence-electron chi connectivity index (χ0n) is 18.6. The summed E-state index contributed by atoms with van der Waals surface area (Å²) in [6.07, 6.45) is 2.29. The lowest BCUT2D eigenvalue weighted by Gasteiger charge is -2.44. The van der Waals surface area contributed by atoms with E-state index in [1.807, 2.05) is 13.0 Å². The van der Waals surface area contributed by atoms with E-state index in [4.69, 9.17) is 4.74 Å². The summed E-state index contributed by atoms with van der Waals surface area (Å²) < 4.78 is 5.61. The van der Waals surface area contributed by atoms with E-state index in [0.29, 0.717) is 18.8 Å². The quantitative estimate of drug-likeness (QED) is 0.363. The van der Waals surface area contributed by atoms with Gasteiger partial charge in [-0.1, -0.05) is 44.1 Å². The lowest BCUT2D eigenvalue weighted by Crippen LogP contribution is -2.54. The number of carbonyl (C=O) groups excluding carboxylic acids is 2. The van der Waals surface area contributed by atoms with Crippen LogP contribution >= 0.6 is 0 Å². The molecule has 0 saturated carbocycles. The molecule has 2 fully saturated rings. The van der Waals surface area contributed by atoms with Crippen molar-refractivity contribution in [3.63, 3.8) is 0 Å². The van der Waals surface area contributed by atoms with Gasteiger partial charge in [0.2, 0.25) is 5.91 Å². The van der Waals surface area contributed by atoms with E-state index in [0.717, 1.165) is 12.0 Å². The zero-order chi connectivity index (χ0) is 22.0. The summed E-state index contributed by atoms with van der Waals surface area (Å²) in [5.74, 6) is -0.485. The Bertz CT molecular complexity index is 801. The van der Waals surface area contributed by atoms with Gasteiger partial charge in [-0.2, -0.15) is 0 Å². The minimum atomic E-state index is -1.23. The Hall–Kier alpha value is -1.50. The molecule has 4 rings (SSSR count).